The molecule has 2 heterocycles. The van der Waals surface area contributed by atoms with Crippen molar-refractivity contribution >= 4 is 33.0 Å². The number of hydrogen-bond donors (Lipinski definition) is 0. The van der Waals surface area contributed by atoms with Crippen molar-refractivity contribution in [2.45, 2.75) is 51.4 Å². The zero-order chi connectivity index (χ0) is 32.3. The predicted molar refractivity (Wildman–Crippen MR) is 197 cm³/mol. The molecule has 0 fully saturated rings. The lowest BCUT2D eigenvalue weighted by Gasteiger charge is -2.42. The van der Waals surface area contributed by atoms with Crippen LogP contribution in [0.15, 0.2) is 126 Å². The number of rotatable bonds is 4. The number of imidazole rings is 1. The summed E-state index contributed by atoms with van der Waals surface area (Å²) in [5.74, 6) is 2.01. The first kappa shape index (κ1) is 27.7. The minimum atomic E-state index is 0.168. The Bertz CT molecular complexity index is 2520. The van der Waals surface area contributed by atoms with E-state index in [4.69, 9.17) is 9.40 Å². The number of fused-ring (bicyclic) bond motifs is 4. The normalized spacial score (nSPS) is 16.3. The summed E-state index contributed by atoms with van der Waals surface area (Å²) in [5.41, 5.74) is 17.3. The van der Waals surface area contributed by atoms with Gasteiger partial charge in [-0.05, 0) is 80.6 Å². The highest BCUT2D eigenvalue weighted by molar-refractivity contribution is 6.12. The molecule has 48 heavy (non-hydrogen) atoms. The molecule has 3 aliphatic carbocycles. The van der Waals surface area contributed by atoms with Crippen molar-refractivity contribution in [2.75, 3.05) is 0 Å². The third-order valence-electron chi connectivity index (χ3n) is 10.9. The Morgan fingerprint density at radius 2 is 1.19 bits per heavy atom. The maximum atomic E-state index is 6.98. The van der Waals surface area contributed by atoms with Crippen LogP contribution < -0.4 is 0 Å². The van der Waals surface area contributed by atoms with Gasteiger partial charge in [0.1, 0.15) is 17.0 Å². The van der Waals surface area contributed by atoms with E-state index >= 15 is 0 Å². The van der Waals surface area contributed by atoms with Gasteiger partial charge in [0.2, 0.25) is 0 Å². The van der Waals surface area contributed by atoms with Gasteiger partial charge in [-0.3, -0.25) is 4.57 Å². The van der Waals surface area contributed by atoms with Crippen molar-refractivity contribution in [2.24, 2.45) is 0 Å². The molecule has 0 N–H and O–H groups in total. The zero-order valence-electron chi connectivity index (χ0n) is 27.7. The summed E-state index contributed by atoms with van der Waals surface area (Å²) in [6.07, 6.45) is 0. The summed E-state index contributed by atoms with van der Waals surface area (Å²) >= 11 is 0. The average molecular weight is 621 g/mol. The highest BCUT2D eigenvalue weighted by Gasteiger charge is 2.42. The predicted octanol–water partition coefficient (Wildman–Crippen LogP) is 11.8. The number of nitrogens with zero attached hydrogens (tertiary/aromatic N) is 2. The maximum absolute atomic E-state index is 6.98. The van der Waals surface area contributed by atoms with Crippen LogP contribution in [0.2, 0.25) is 0 Å². The van der Waals surface area contributed by atoms with Crippen LogP contribution in [-0.4, -0.2) is 9.55 Å². The van der Waals surface area contributed by atoms with E-state index in [1.54, 1.807) is 0 Å². The largest absolute Gasteiger partial charge is 0.455 e. The lowest BCUT2D eigenvalue weighted by atomic mass is 9.60. The lowest BCUT2D eigenvalue weighted by Crippen LogP contribution is -2.27. The molecule has 2 bridgehead atoms. The fraction of sp³-hybridized carbons (Fsp3) is 0.178. The van der Waals surface area contributed by atoms with Gasteiger partial charge in [0.15, 0.2) is 0 Å². The summed E-state index contributed by atoms with van der Waals surface area (Å²) in [4.78, 5) is 5.37. The molecule has 0 atom stereocenters. The minimum absolute atomic E-state index is 0.168. The molecule has 3 heteroatoms. The third-order valence-corrected chi connectivity index (χ3v) is 10.9. The molecule has 232 valence electrons. The van der Waals surface area contributed by atoms with Crippen molar-refractivity contribution in [1.82, 2.24) is 9.55 Å². The van der Waals surface area contributed by atoms with Crippen molar-refractivity contribution in [3.05, 3.63) is 166 Å². The molecule has 3 aliphatic rings. The Morgan fingerprint density at radius 3 is 1.85 bits per heavy atom. The van der Waals surface area contributed by atoms with Crippen LogP contribution in [0.25, 0.3) is 50.0 Å². The van der Waals surface area contributed by atoms with E-state index in [9.17, 15) is 0 Å². The van der Waals surface area contributed by atoms with Gasteiger partial charge >= 0.3 is 0 Å². The highest BCUT2D eigenvalue weighted by atomic mass is 16.3. The van der Waals surface area contributed by atoms with Gasteiger partial charge in [-0.15, -0.1) is 0 Å². The van der Waals surface area contributed by atoms with Crippen molar-refractivity contribution in [3.63, 3.8) is 0 Å². The van der Waals surface area contributed by atoms with E-state index in [1.807, 2.05) is 0 Å². The van der Waals surface area contributed by atoms with Gasteiger partial charge < -0.3 is 4.42 Å². The van der Waals surface area contributed by atoms with Crippen LogP contribution in [0.4, 0.5) is 0 Å². The SMILES string of the molecule is CC(C)c1cccc(C(C)C)c1-n1c(-c2cccc3c2oc2ccc4c(c23)C2c3ccccc3C4c3ccccc32)nc2ccccc21. The average Bonchev–Trinajstić information content (AvgIpc) is 3.70. The first-order valence-corrected chi connectivity index (χ1v) is 17.3. The number of hydrogen-bond acceptors (Lipinski definition) is 2. The Balaban J connectivity index is 1.29. The molecular weight excluding hydrogens is 585 g/mol. The molecule has 6 aromatic carbocycles. The van der Waals surface area contributed by atoms with Crippen molar-refractivity contribution in [3.8, 4) is 17.1 Å². The van der Waals surface area contributed by atoms with Gasteiger partial charge in [0.05, 0.1) is 22.3 Å². The van der Waals surface area contributed by atoms with Crippen LogP contribution in [0.1, 0.15) is 95.9 Å². The summed E-state index contributed by atoms with van der Waals surface area (Å²) in [7, 11) is 0. The molecule has 11 rings (SSSR count). The molecule has 0 amide bonds. The summed E-state index contributed by atoms with van der Waals surface area (Å²) in [6, 6.07) is 44.6. The first-order chi connectivity index (χ1) is 23.5. The molecule has 0 aliphatic heterocycles. The van der Waals surface area contributed by atoms with Gasteiger partial charge in [-0.2, -0.15) is 0 Å². The van der Waals surface area contributed by atoms with E-state index in [0.717, 1.165) is 39.0 Å². The van der Waals surface area contributed by atoms with Crippen molar-refractivity contribution < 1.29 is 4.42 Å². The van der Waals surface area contributed by atoms with Crippen LogP contribution in [0, 0.1) is 0 Å². The molecule has 0 saturated carbocycles. The Kier molecular flexibility index (Phi) is 5.79. The van der Waals surface area contributed by atoms with E-state index in [-0.39, 0.29) is 11.8 Å². The summed E-state index contributed by atoms with van der Waals surface area (Å²) in [6.45, 7) is 9.15. The van der Waals surface area contributed by atoms with E-state index in [1.165, 1.54) is 55.6 Å². The second-order valence-corrected chi connectivity index (χ2v) is 14.2. The van der Waals surface area contributed by atoms with E-state index in [2.05, 4.69) is 154 Å². The van der Waals surface area contributed by atoms with E-state index < -0.39 is 0 Å². The molecule has 0 saturated heterocycles. The topological polar surface area (TPSA) is 31.0 Å². The van der Waals surface area contributed by atoms with E-state index in [0.29, 0.717) is 11.8 Å². The quantitative estimate of drug-likeness (QED) is 0.196. The number of furan rings is 1. The smallest absolute Gasteiger partial charge is 0.149 e. The molecule has 3 nitrogen and oxygen atoms in total. The molecular formula is C45H36N2O. The zero-order valence-corrected chi connectivity index (χ0v) is 27.7. The highest BCUT2D eigenvalue weighted by Crippen LogP contribution is 2.58. The summed E-state index contributed by atoms with van der Waals surface area (Å²) < 4.78 is 9.39. The van der Waals surface area contributed by atoms with Crippen molar-refractivity contribution in [1.29, 1.82) is 0 Å². The molecule has 0 unspecified atom stereocenters. The standard InChI is InChI=1S/C45H36N2O/c1-25(2)27-17-11-18-28(26(3)4)43(27)47-37-22-10-9-21-36(37)46-45(47)35-20-12-19-34-41-38(48-44(34)35)24-23-33-39-29-13-5-7-15-31(29)40(42(33)41)32-16-8-6-14-30(32)39/h5-26,39-40H,1-4H3. The second kappa shape index (κ2) is 10.0. The Labute approximate surface area is 280 Å². The fourth-order valence-electron chi connectivity index (χ4n) is 8.93. The number of para-hydroxylation sites is 4. The van der Waals surface area contributed by atoms with Crippen LogP contribution >= 0.6 is 0 Å². The molecule has 0 radical (unpaired) electrons. The lowest BCUT2D eigenvalue weighted by molar-refractivity contribution is 0.667. The maximum Gasteiger partial charge on any atom is 0.149 e. The van der Waals surface area contributed by atoms with Gasteiger partial charge in [-0.25, -0.2) is 4.98 Å². The van der Waals surface area contributed by atoms with Gasteiger partial charge in [0.25, 0.3) is 0 Å². The third kappa shape index (κ3) is 3.62. The van der Waals surface area contributed by atoms with Crippen LogP contribution in [0.3, 0.4) is 0 Å². The first-order valence-electron chi connectivity index (χ1n) is 17.3. The Morgan fingerprint density at radius 1 is 0.583 bits per heavy atom. The molecule has 0 spiro atoms. The monoisotopic (exact) mass is 620 g/mol. The minimum Gasteiger partial charge on any atom is -0.455 e. The number of aromatic nitrogens is 2. The second-order valence-electron chi connectivity index (χ2n) is 14.2. The van der Waals surface area contributed by atoms with Crippen LogP contribution in [-0.2, 0) is 0 Å². The molecule has 2 aromatic heterocycles. The van der Waals surface area contributed by atoms with Gasteiger partial charge in [-0.1, -0.05) is 125 Å². The summed E-state index contributed by atoms with van der Waals surface area (Å²) in [5, 5.41) is 2.39. The fourth-order valence-corrected chi connectivity index (χ4v) is 8.93. The molecule has 8 aromatic rings. The van der Waals surface area contributed by atoms with Crippen LogP contribution in [0.5, 0.6) is 0 Å². The Hall–Kier alpha value is -5.41. The number of benzene rings is 6. The van der Waals surface area contributed by atoms with Gasteiger partial charge in [0, 0.05) is 22.6 Å².